The molecule has 0 aromatic carbocycles. The van der Waals surface area contributed by atoms with Crippen LogP contribution in [0.1, 0.15) is 25.7 Å². The van der Waals surface area contributed by atoms with Gasteiger partial charge in [0.2, 0.25) is 5.91 Å². The van der Waals surface area contributed by atoms with E-state index < -0.39 is 36.1 Å². The van der Waals surface area contributed by atoms with Crippen molar-refractivity contribution in [3.63, 3.8) is 0 Å². The number of ether oxygens (including phenoxy) is 1. The molecule has 2 heterocycles. The van der Waals surface area contributed by atoms with Gasteiger partial charge < -0.3 is 15.4 Å². The van der Waals surface area contributed by atoms with E-state index in [1.54, 1.807) is 0 Å². The second-order valence-electron chi connectivity index (χ2n) is 7.38. The van der Waals surface area contributed by atoms with Gasteiger partial charge in [-0.05, 0) is 25.7 Å². The van der Waals surface area contributed by atoms with Crippen LogP contribution in [0.25, 0.3) is 0 Å². The van der Waals surface area contributed by atoms with Crippen LogP contribution in [0, 0.1) is 23.2 Å². The van der Waals surface area contributed by atoms with Gasteiger partial charge >= 0.3 is 5.97 Å². The standard InChI is InChI=1S/C17H27FN6O3/c1-27-17(26)11-6-10(8-19)7-12(18)15(11)21-16(25)13-2-3-14(23-22-13)24-5-4-20-9-24/h10-15,20,22-23H,2-7,9H2,1H3,(H,21,25). The number of nitrogens with one attached hydrogen (secondary N) is 4. The van der Waals surface area contributed by atoms with Crippen molar-refractivity contribution in [3.05, 3.63) is 0 Å². The van der Waals surface area contributed by atoms with E-state index in [4.69, 9.17) is 10.00 Å². The van der Waals surface area contributed by atoms with E-state index >= 15 is 0 Å². The lowest BCUT2D eigenvalue weighted by molar-refractivity contribution is -0.149. The SMILES string of the molecule is COC(=O)C1CC(C#N)CC(F)C1NC(=O)C1CCC(N2CCNC2)NN1. The zero-order valence-electron chi connectivity index (χ0n) is 15.4. The Labute approximate surface area is 157 Å². The maximum Gasteiger partial charge on any atom is 0.310 e. The zero-order valence-corrected chi connectivity index (χ0v) is 15.4. The number of rotatable bonds is 4. The molecular weight excluding hydrogens is 355 g/mol. The fraction of sp³-hybridized carbons (Fsp3) is 0.824. The predicted octanol–water partition coefficient (Wildman–Crippen LogP) is -1.02. The van der Waals surface area contributed by atoms with Gasteiger partial charge in [0.05, 0.1) is 37.2 Å². The van der Waals surface area contributed by atoms with E-state index in [-0.39, 0.29) is 24.9 Å². The number of carbonyl (C=O) groups is 2. The third kappa shape index (κ3) is 4.55. The van der Waals surface area contributed by atoms with Crippen molar-refractivity contribution < 1.29 is 18.7 Å². The molecule has 10 heteroatoms. The van der Waals surface area contributed by atoms with Crippen LogP contribution in [-0.2, 0) is 14.3 Å². The first-order chi connectivity index (χ1) is 13.0. The van der Waals surface area contributed by atoms with Crippen molar-refractivity contribution in [2.45, 2.75) is 50.1 Å². The monoisotopic (exact) mass is 382 g/mol. The maximum absolute atomic E-state index is 14.6. The Morgan fingerprint density at radius 3 is 2.70 bits per heavy atom. The molecule has 0 aromatic rings. The van der Waals surface area contributed by atoms with Gasteiger partial charge in [-0.1, -0.05) is 0 Å². The molecule has 6 atom stereocenters. The number of nitrogens with zero attached hydrogens (tertiary/aromatic N) is 2. The lowest BCUT2D eigenvalue weighted by atomic mass is 9.77. The molecule has 1 saturated carbocycles. The molecule has 3 fully saturated rings. The Kier molecular flexibility index (Phi) is 6.59. The summed E-state index contributed by atoms with van der Waals surface area (Å²) in [6, 6.07) is 0.541. The minimum Gasteiger partial charge on any atom is -0.469 e. The topological polar surface area (TPSA) is 119 Å². The minimum atomic E-state index is -1.46. The summed E-state index contributed by atoms with van der Waals surface area (Å²) in [5.74, 6) is -2.36. The Morgan fingerprint density at radius 2 is 2.11 bits per heavy atom. The second-order valence-corrected chi connectivity index (χ2v) is 7.38. The molecule has 150 valence electrons. The number of alkyl halides is 1. The third-order valence-electron chi connectivity index (χ3n) is 5.67. The molecule has 6 unspecified atom stereocenters. The first kappa shape index (κ1) is 19.9. The highest BCUT2D eigenvalue weighted by atomic mass is 19.1. The highest BCUT2D eigenvalue weighted by molar-refractivity contribution is 5.83. The van der Waals surface area contributed by atoms with Gasteiger partial charge in [-0.3, -0.25) is 14.5 Å². The Hall–Kier alpha value is -1.80. The van der Waals surface area contributed by atoms with Crippen LogP contribution in [0.2, 0.25) is 0 Å². The first-order valence-corrected chi connectivity index (χ1v) is 9.41. The average Bonchev–Trinajstić information content (AvgIpc) is 3.23. The summed E-state index contributed by atoms with van der Waals surface area (Å²) in [7, 11) is 1.23. The van der Waals surface area contributed by atoms with Crippen LogP contribution in [-0.4, -0.2) is 68.1 Å². The number of amides is 1. The zero-order chi connectivity index (χ0) is 19.4. The molecule has 0 radical (unpaired) electrons. The fourth-order valence-corrected chi connectivity index (χ4v) is 4.10. The molecule has 1 amide bonds. The number of nitriles is 1. The number of hydrazine groups is 1. The number of halogens is 1. The number of hydrogen-bond acceptors (Lipinski definition) is 8. The van der Waals surface area contributed by atoms with Crippen molar-refractivity contribution in [2.24, 2.45) is 11.8 Å². The summed E-state index contributed by atoms with van der Waals surface area (Å²) < 4.78 is 19.4. The predicted molar refractivity (Wildman–Crippen MR) is 93.3 cm³/mol. The lowest BCUT2D eigenvalue weighted by Gasteiger charge is -2.38. The van der Waals surface area contributed by atoms with Crippen LogP contribution < -0.4 is 21.5 Å². The molecule has 0 spiro atoms. The van der Waals surface area contributed by atoms with E-state index in [9.17, 15) is 14.0 Å². The summed E-state index contributed by atoms with van der Waals surface area (Å²) >= 11 is 0. The van der Waals surface area contributed by atoms with Gasteiger partial charge in [-0.2, -0.15) is 5.26 Å². The van der Waals surface area contributed by atoms with Gasteiger partial charge in [-0.15, -0.1) is 0 Å². The molecule has 1 aliphatic carbocycles. The van der Waals surface area contributed by atoms with E-state index in [0.717, 1.165) is 26.2 Å². The van der Waals surface area contributed by atoms with Crippen molar-refractivity contribution >= 4 is 11.9 Å². The number of hydrogen-bond donors (Lipinski definition) is 4. The van der Waals surface area contributed by atoms with Crippen molar-refractivity contribution in [2.75, 3.05) is 26.9 Å². The quantitative estimate of drug-likeness (QED) is 0.456. The molecule has 0 aromatic heterocycles. The second kappa shape index (κ2) is 8.93. The molecule has 27 heavy (non-hydrogen) atoms. The number of methoxy groups -OCH3 is 1. The molecule has 2 saturated heterocycles. The van der Waals surface area contributed by atoms with Crippen molar-refractivity contribution in [1.29, 1.82) is 5.26 Å². The normalized spacial score (nSPS) is 37.4. The Morgan fingerprint density at radius 1 is 1.30 bits per heavy atom. The maximum atomic E-state index is 14.6. The lowest BCUT2D eigenvalue weighted by Crippen LogP contribution is -2.63. The van der Waals surface area contributed by atoms with Gasteiger partial charge in [-0.25, -0.2) is 15.2 Å². The average molecular weight is 382 g/mol. The summed E-state index contributed by atoms with van der Waals surface area (Å²) in [6.45, 7) is 2.70. The van der Waals surface area contributed by atoms with Crippen LogP contribution in [0.3, 0.4) is 0 Å². The molecule has 0 bridgehead atoms. The fourth-order valence-electron chi connectivity index (χ4n) is 4.10. The summed E-state index contributed by atoms with van der Waals surface area (Å²) in [5.41, 5.74) is 6.15. The number of carbonyl (C=O) groups excluding carboxylic acids is 2. The Balaban J connectivity index is 1.57. The van der Waals surface area contributed by atoms with Gasteiger partial charge in [0.1, 0.15) is 12.2 Å². The van der Waals surface area contributed by atoms with Crippen molar-refractivity contribution in [1.82, 2.24) is 26.4 Å². The Bertz CT molecular complexity index is 586. The summed E-state index contributed by atoms with van der Waals surface area (Å²) in [5, 5.41) is 15.0. The molecule has 2 aliphatic heterocycles. The van der Waals surface area contributed by atoms with Crippen LogP contribution >= 0.6 is 0 Å². The highest BCUT2D eigenvalue weighted by Gasteiger charge is 2.44. The van der Waals surface area contributed by atoms with Gasteiger partial charge in [0.25, 0.3) is 0 Å². The van der Waals surface area contributed by atoms with Gasteiger partial charge in [0.15, 0.2) is 0 Å². The number of esters is 1. The molecule has 9 nitrogen and oxygen atoms in total. The van der Waals surface area contributed by atoms with E-state index in [1.807, 2.05) is 6.07 Å². The molecule has 4 N–H and O–H groups in total. The molecule has 3 aliphatic rings. The summed E-state index contributed by atoms with van der Waals surface area (Å²) in [6.07, 6.45) is 0.272. The minimum absolute atomic E-state index is 0.00925. The first-order valence-electron chi connectivity index (χ1n) is 9.41. The van der Waals surface area contributed by atoms with Crippen molar-refractivity contribution in [3.8, 4) is 6.07 Å². The largest absolute Gasteiger partial charge is 0.469 e. The molecule has 3 rings (SSSR count). The van der Waals surface area contributed by atoms with E-state index in [0.29, 0.717) is 6.42 Å². The van der Waals surface area contributed by atoms with E-state index in [2.05, 4.69) is 26.4 Å². The smallest absolute Gasteiger partial charge is 0.310 e. The van der Waals surface area contributed by atoms with Crippen LogP contribution in [0.15, 0.2) is 0 Å². The third-order valence-corrected chi connectivity index (χ3v) is 5.67. The van der Waals surface area contributed by atoms with E-state index in [1.165, 1.54) is 7.11 Å². The highest BCUT2D eigenvalue weighted by Crippen LogP contribution is 2.32. The van der Waals surface area contributed by atoms with Crippen LogP contribution in [0.4, 0.5) is 4.39 Å². The van der Waals surface area contributed by atoms with Gasteiger partial charge in [0, 0.05) is 19.8 Å². The summed E-state index contributed by atoms with van der Waals surface area (Å²) in [4.78, 5) is 26.9. The molecular formula is C17H27FN6O3. The van der Waals surface area contributed by atoms with Crippen LogP contribution in [0.5, 0.6) is 0 Å².